The number of nitrogens with one attached hydrogen (secondary N) is 2. The third kappa shape index (κ3) is 2.95. The topological polar surface area (TPSA) is 95.2 Å². The van der Waals surface area contributed by atoms with Crippen LogP contribution in [0.15, 0.2) is 4.90 Å². The number of nitrogens with zero attached hydrogens (tertiary/aromatic N) is 2. The van der Waals surface area contributed by atoms with E-state index in [1.807, 2.05) is 0 Å². The Morgan fingerprint density at radius 3 is 2.58 bits per heavy atom. The number of hydrogen-bond donors (Lipinski definition) is 2. The maximum absolute atomic E-state index is 12.4. The summed E-state index contributed by atoms with van der Waals surface area (Å²) in [6.45, 7) is 3.09. The molecule has 2 rings (SSSR count). The Balaban J connectivity index is 2.12. The molecule has 0 saturated heterocycles. The van der Waals surface area contributed by atoms with E-state index >= 15 is 0 Å². The molecule has 1 heterocycles. The summed E-state index contributed by atoms with van der Waals surface area (Å²) >= 11 is 0. The fourth-order valence-corrected chi connectivity index (χ4v) is 3.32. The van der Waals surface area contributed by atoms with Gasteiger partial charge in [0.1, 0.15) is 4.90 Å². The van der Waals surface area contributed by atoms with E-state index in [2.05, 4.69) is 15.5 Å². The standard InChI is InChI=1S/C11H18N4O3S/c1-7-11(8(2)14-13-7)19(17,18)15(3)6-10(16)12-9-4-5-9/h9H,4-6H2,1-3H3,(H,12,16)(H,13,14). The van der Waals surface area contributed by atoms with Gasteiger partial charge in [-0.1, -0.05) is 0 Å². The number of aryl methyl sites for hydroxylation is 2. The first-order valence-electron chi connectivity index (χ1n) is 6.09. The van der Waals surface area contributed by atoms with Crippen LogP contribution in [0.5, 0.6) is 0 Å². The predicted molar refractivity (Wildman–Crippen MR) is 69.0 cm³/mol. The highest BCUT2D eigenvalue weighted by atomic mass is 32.2. The normalized spacial score (nSPS) is 15.8. The molecule has 0 bridgehead atoms. The van der Waals surface area contributed by atoms with Crippen LogP contribution in [0.4, 0.5) is 0 Å². The zero-order valence-electron chi connectivity index (χ0n) is 11.2. The molecule has 2 N–H and O–H groups in total. The van der Waals surface area contributed by atoms with Crippen LogP contribution in [0.2, 0.25) is 0 Å². The summed E-state index contributed by atoms with van der Waals surface area (Å²) < 4.78 is 25.8. The number of aromatic amines is 1. The average Bonchev–Trinajstić information content (AvgIpc) is 3.03. The smallest absolute Gasteiger partial charge is 0.246 e. The molecule has 0 aliphatic heterocycles. The van der Waals surface area contributed by atoms with Crippen LogP contribution in [-0.4, -0.2) is 48.5 Å². The summed E-state index contributed by atoms with van der Waals surface area (Å²) in [4.78, 5) is 11.8. The Labute approximate surface area is 112 Å². The van der Waals surface area contributed by atoms with Crippen LogP contribution in [0, 0.1) is 13.8 Å². The van der Waals surface area contributed by atoms with Crippen molar-refractivity contribution in [3.8, 4) is 0 Å². The lowest BCUT2D eigenvalue weighted by atomic mass is 10.4. The van der Waals surface area contributed by atoms with Crippen molar-refractivity contribution in [2.24, 2.45) is 0 Å². The first kappa shape index (κ1) is 14.0. The Morgan fingerprint density at radius 2 is 2.11 bits per heavy atom. The first-order valence-corrected chi connectivity index (χ1v) is 7.53. The molecular formula is C11H18N4O3S. The minimum atomic E-state index is -3.69. The molecule has 1 aliphatic carbocycles. The van der Waals surface area contributed by atoms with Crippen LogP contribution >= 0.6 is 0 Å². The number of hydrogen-bond acceptors (Lipinski definition) is 4. The van der Waals surface area contributed by atoms with Crippen molar-refractivity contribution in [3.05, 3.63) is 11.4 Å². The van der Waals surface area contributed by atoms with Gasteiger partial charge in [-0.15, -0.1) is 0 Å². The SMILES string of the molecule is Cc1n[nH]c(C)c1S(=O)(=O)N(C)CC(=O)NC1CC1. The molecule has 1 amide bonds. The summed E-state index contributed by atoms with van der Waals surface area (Å²) in [6.07, 6.45) is 1.95. The van der Waals surface area contributed by atoms with Crippen LogP contribution in [0.3, 0.4) is 0 Å². The number of carbonyl (C=O) groups is 1. The molecule has 1 fully saturated rings. The molecule has 0 spiro atoms. The third-order valence-electron chi connectivity index (χ3n) is 3.04. The molecular weight excluding hydrogens is 268 g/mol. The monoisotopic (exact) mass is 286 g/mol. The molecule has 8 heteroatoms. The molecule has 0 atom stereocenters. The molecule has 1 saturated carbocycles. The van der Waals surface area contributed by atoms with E-state index in [0.717, 1.165) is 17.1 Å². The second-order valence-electron chi connectivity index (χ2n) is 4.87. The van der Waals surface area contributed by atoms with Crippen molar-refractivity contribution >= 4 is 15.9 Å². The van der Waals surface area contributed by atoms with Gasteiger partial charge in [-0.25, -0.2) is 8.42 Å². The summed E-state index contributed by atoms with van der Waals surface area (Å²) in [7, 11) is -2.29. The van der Waals surface area contributed by atoms with Gasteiger partial charge in [0.25, 0.3) is 0 Å². The van der Waals surface area contributed by atoms with Crippen LogP contribution in [0.25, 0.3) is 0 Å². The van der Waals surface area contributed by atoms with Gasteiger partial charge in [-0.05, 0) is 26.7 Å². The minimum Gasteiger partial charge on any atom is -0.352 e. The maximum atomic E-state index is 12.4. The van der Waals surface area contributed by atoms with Gasteiger partial charge < -0.3 is 5.32 Å². The zero-order chi connectivity index (χ0) is 14.2. The van der Waals surface area contributed by atoms with E-state index in [4.69, 9.17) is 0 Å². The van der Waals surface area contributed by atoms with Crippen molar-refractivity contribution in [1.29, 1.82) is 0 Å². The predicted octanol–water partition coefficient (Wildman–Crippen LogP) is -0.0744. The summed E-state index contributed by atoms with van der Waals surface area (Å²) in [5, 5.41) is 9.27. The highest BCUT2D eigenvalue weighted by Gasteiger charge is 2.30. The highest BCUT2D eigenvalue weighted by Crippen LogP contribution is 2.21. The number of sulfonamides is 1. The van der Waals surface area contributed by atoms with Gasteiger partial charge in [-0.2, -0.15) is 9.40 Å². The minimum absolute atomic E-state index is 0.147. The number of carbonyl (C=O) groups excluding carboxylic acids is 1. The van der Waals surface area contributed by atoms with Crippen LogP contribution in [0.1, 0.15) is 24.2 Å². The quantitative estimate of drug-likeness (QED) is 0.792. The molecule has 0 radical (unpaired) electrons. The molecule has 1 aliphatic rings. The van der Waals surface area contributed by atoms with Crippen LogP contribution in [-0.2, 0) is 14.8 Å². The number of H-pyrrole nitrogens is 1. The van der Waals surface area contributed by atoms with Crippen molar-refractivity contribution in [2.45, 2.75) is 37.6 Å². The van der Waals surface area contributed by atoms with Crippen molar-refractivity contribution in [2.75, 3.05) is 13.6 Å². The lowest BCUT2D eigenvalue weighted by Crippen LogP contribution is -2.39. The van der Waals surface area contributed by atoms with Crippen molar-refractivity contribution < 1.29 is 13.2 Å². The van der Waals surface area contributed by atoms with Gasteiger partial charge in [-0.3, -0.25) is 9.89 Å². The Bertz CT molecular complexity index is 570. The second kappa shape index (κ2) is 4.93. The number of rotatable bonds is 5. The highest BCUT2D eigenvalue weighted by molar-refractivity contribution is 7.89. The average molecular weight is 286 g/mol. The van der Waals surface area contributed by atoms with E-state index < -0.39 is 10.0 Å². The molecule has 19 heavy (non-hydrogen) atoms. The molecule has 106 valence electrons. The molecule has 7 nitrogen and oxygen atoms in total. The second-order valence-corrected chi connectivity index (χ2v) is 6.85. The van der Waals surface area contributed by atoms with E-state index in [0.29, 0.717) is 11.4 Å². The van der Waals surface area contributed by atoms with Gasteiger partial charge in [0.2, 0.25) is 15.9 Å². The third-order valence-corrected chi connectivity index (χ3v) is 5.10. The van der Waals surface area contributed by atoms with Gasteiger partial charge >= 0.3 is 0 Å². The number of amides is 1. The largest absolute Gasteiger partial charge is 0.352 e. The summed E-state index contributed by atoms with van der Waals surface area (Å²) in [6, 6.07) is 0.223. The van der Waals surface area contributed by atoms with E-state index in [-0.39, 0.29) is 23.4 Å². The Morgan fingerprint density at radius 1 is 1.47 bits per heavy atom. The van der Waals surface area contributed by atoms with Gasteiger partial charge in [0.05, 0.1) is 17.9 Å². The summed E-state index contributed by atoms with van der Waals surface area (Å²) in [5.41, 5.74) is 0.888. The zero-order valence-corrected chi connectivity index (χ0v) is 12.0. The molecule has 1 aromatic heterocycles. The lowest BCUT2D eigenvalue weighted by Gasteiger charge is -2.16. The van der Waals surface area contributed by atoms with Crippen molar-refractivity contribution in [3.63, 3.8) is 0 Å². The molecule has 0 aromatic carbocycles. The van der Waals surface area contributed by atoms with E-state index in [1.165, 1.54) is 7.05 Å². The fraction of sp³-hybridized carbons (Fsp3) is 0.636. The van der Waals surface area contributed by atoms with Crippen molar-refractivity contribution in [1.82, 2.24) is 19.8 Å². The Hall–Kier alpha value is -1.41. The van der Waals surface area contributed by atoms with Gasteiger partial charge in [0.15, 0.2) is 0 Å². The van der Waals surface area contributed by atoms with E-state index in [1.54, 1.807) is 13.8 Å². The molecule has 1 aromatic rings. The van der Waals surface area contributed by atoms with Gasteiger partial charge in [0, 0.05) is 13.1 Å². The maximum Gasteiger partial charge on any atom is 0.246 e. The number of aromatic nitrogens is 2. The first-order chi connectivity index (χ1) is 8.82. The number of likely N-dealkylation sites (N-methyl/N-ethyl adjacent to an activating group) is 1. The lowest BCUT2D eigenvalue weighted by molar-refractivity contribution is -0.121. The summed E-state index contributed by atoms with van der Waals surface area (Å²) in [5.74, 6) is -0.271. The van der Waals surface area contributed by atoms with E-state index in [9.17, 15) is 13.2 Å². The Kier molecular flexibility index (Phi) is 3.64. The molecule has 0 unspecified atom stereocenters. The van der Waals surface area contributed by atoms with Crippen LogP contribution < -0.4 is 5.32 Å². The fourth-order valence-electron chi connectivity index (χ4n) is 1.86.